The van der Waals surface area contributed by atoms with Crippen LogP contribution < -0.4 is 5.32 Å². The molecule has 0 spiro atoms. The van der Waals surface area contributed by atoms with E-state index in [1.807, 2.05) is 6.92 Å². The number of hydrogen-bond donors (Lipinski definition) is 1. The second kappa shape index (κ2) is 9.81. The fraction of sp³-hybridized carbons (Fsp3) is 0.391. The Kier molecular flexibility index (Phi) is 7.53. The van der Waals surface area contributed by atoms with Crippen molar-refractivity contribution in [3.8, 4) is 0 Å². The van der Waals surface area contributed by atoms with Gasteiger partial charge in [0.15, 0.2) is 0 Å². The van der Waals surface area contributed by atoms with Crippen LogP contribution in [0.15, 0.2) is 41.4 Å². The molecule has 1 unspecified atom stereocenters. The summed E-state index contributed by atoms with van der Waals surface area (Å²) < 4.78 is 47.6. The normalized spacial score (nSPS) is 18.5. The summed E-state index contributed by atoms with van der Waals surface area (Å²) in [7, 11) is 1.52. The van der Waals surface area contributed by atoms with Crippen LogP contribution in [0.2, 0.25) is 10.0 Å². The Hall–Kier alpha value is -2.09. The molecule has 4 nitrogen and oxygen atoms in total. The highest BCUT2D eigenvalue weighted by Crippen LogP contribution is 2.48. The number of aliphatic imine (C=N–C) groups is 1. The van der Waals surface area contributed by atoms with E-state index in [9.17, 15) is 18.0 Å². The van der Waals surface area contributed by atoms with E-state index in [0.29, 0.717) is 24.4 Å². The molecule has 0 aromatic heterocycles. The SMILES string of the molecule is COCCC(=O)NCc1ccc(C2=NCC(c3cc(Cl)cc(Cl)c3)(C(F)(F)F)C2)cc1C. The highest BCUT2D eigenvalue weighted by molar-refractivity contribution is 6.34. The summed E-state index contributed by atoms with van der Waals surface area (Å²) in [6, 6.07) is 9.35. The lowest BCUT2D eigenvalue weighted by Crippen LogP contribution is -2.43. The molecule has 172 valence electrons. The van der Waals surface area contributed by atoms with Crippen molar-refractivity contribution in [1.29, 1.82) is 0 Å². The number of carbonyl (C=O) groups excluding carboxylic acids is 1. The summed E-state index contributed by atoms with van der Waals surface area (Å²) in [5.74, 6) is -0.134. The van der Waals surface area contributed by atoms with Crippen molar-refractivity contribution in [3.05, 3.63) is 68.7 Å². The molecule has 1 atom stereocenters. The number of halogens is 5. The Morgan fingerprint density at radius 1 is 1.19 bits per heavy atom. The van der Waals surface area contributed by atoms with E-state index >= 15 is 0 Å². The van der Waals surface area contributed by atoms with E-state index in [2.05, 4.69) is 10.3 Å². The number of benzene rings is 2. The zero-order valence-corrected chi connectivity index (χ0v) is 19.2. The average molecular weight is 487 g/mol. The summed E-state index contributed by atoms with van der Waals surface area (Å²) in [6.07, 6.45) is -4.58. The first kappa shape index (κ1) is 24.6. The summed E-state index contributed by atoms with van der Waals surface area (Å²) in [4.78, 5) is 16.0. The van der Waals surface area contributed by atoms with Gasteiger partial charge >= 0.3 is 6.18 Å². The predicted octanol–water partition coefficient (Wildman–Crippen LogP) is 5.65. The molecule has 2 aromatic rings. The molecule has 9 heteroatoms. The summed E-state index contributed by atoms with van der Waals surface area (Å²) in [5, 5.41) is 3.11. The maximum absolute atomic E-state index is 14.3. The zero-order valence-electron chi connectivity index (χ0n) is 17.7. The first-order valence-corrected chi connectivity index (χ1v) is 10.7. The van der Waals surface area contributed by atoms with Crippen LogP contribution in [-0.2, 0) is 21.5 Å². The number of carbonyl (C=O) groups is 1. The van der Waals surface area contributed by atoms with Crippen molar-refractivity contribution in [3.63, 3.8) is 0 Å². The number of methoxy groups -OCH3 is 1. The van der Waals surface area contributed by atoms with Crippen molar-refractivity contribution in [2.45, 2.75) is 37.9 Å². The summed E-state index contributed by atoms with van der Waals surface area (Å²) in [6.45, 7) is 2.08. The molecule has 1 amide bonds. The Bertz CT molecular complexity index is 1020. The van der Waals surface area contributed by atoms with E-state index in [4.69, 9.17) is 27.9 Å². The van der Waals surface area contributed by atoms with Crippen LogP contribution in [0.25, 0.3) is 0 Å². The van der Waals surface area contributed by atoms with Crippen LogP contribution in [0.1, 0.15) is 35.1 Å². The third-order valence-electron chi connectivity index (χ3n) is 5.65. The minimum absolute atomic E-state index is 0.00774. The molecule has 1 aliphatic heterocycles. The number of aryl methyl sites for hydroxylation is 1. The smallest absolute Gasteiger partial charge is 0.384 e. The van der Waals surface area contributed by atoms with Crippen molar-refractivity contribution >= 4 is 34.8 Å². The van der Waals surface area contributed by atoms with Crippen molar-refractivity contribution < 1.29 is 22.7 Å². The fourth-order valence-corrected chi connectivity index (χ4v) is 4.28. The molecule has 2 aromatic carbocycles. The van der Waals surface area contributed by atoms with Gasteiger partial charge in [0.05, 0.1) is 13.2 Å². The molecule has 0 aliphatic carbocycles. The number of hydrogen-bond acceptors (Lipinski definition) is 3. The van der Waals surface area contributed by atoms with Crippen LogP contribution in [0.3, 0.4) is 0 Å². The maximum atomic E-state index is 14.3. The first-order chi connectivity index (χ1) is 15.1. The van der Waals surface area contributed by atoms with Gasteiger partial charge in [0, 0.05) is 42.3 Å². The topological polar surface area (TPSA) is 50.7 Å². The predicted molar refractivity (Wildman–Crippen MR) is 120 cm³/mol. The number of ether oxygens (including phenoxy) is 1. The fourth-order valence-electron chi connectivity index (χ4n) is 3.75. The molecular weight excluding hydrogens is 464 g/mol. The molecule has 32 heavy (non-hydrogen) atoms. The monoisotopic (exact) mass is 486 g/mol. The second-order valence-electron chi connectivity index (χ2n) is 7.84. The van der Waals surface area contributed by atoms with Crippen LogP contribution >= 0.6 is 23.2 Å². The molecule has 1 N–H and O–H groups in total. The van der Waals surface area contributed by atoms with Crippen LogP contribution in [0, 0.1) is 6.92 Å². The summed E-state index contributed by atoms with van der Waals surface area (Å²) in [5.41, 5.74) is 0.551. The Morgan fingerprint density at radius 3 is 2.47 bits per heavy atom. The molecule has 0 saturated heterocycles. The number of amides is 1. The van der Waals surface area contributed by atoms with E-state index in [1.165, 1.54) is 25.3 Å². The molecule has 1 aliphatic rings. The van der Waals surface area contributed by atoms with Crippen LogP contribution in [-0.4, -0.2) is 38.1 Å². The van der Waals surface area contributed by atoms with E-state index < -0.39 is 18.1 Å². The highest BCUT2D eigenvalue weighted by Gasteiger charge is 2.58. The Labute approximate surface area is 194 Å². The zero-order chi connectivity index (χ0) is 23.5. The number of nitrogens with zero attached hydrogens (tertiary/aromatic N) is 1. The van der Waals surface area contributed by atoms with Gasteiger partial charge in [-0.15, -0.1) is 0 Å². The summed E-state index contributed by atoms with van der Waals surface area (Å²) >= 11 is 12.0. The first-order valence-electron chi connectivity index (χ1n) is 9.98. The van der Waals surface area contributed by atoms with E-state index in [1.54, 1.807) is 18.2 Å². The molecule has 0 saturated carbocycles. The molecule has 0 fully saturated rings. The molecule has 0 bridgehead atoms. The molecular formula is C23H23Cl2F3N2O2. The van der Waals surface area contributed by atoms with Gasteiger partial charge in [-0.3, -0.25) is 9.79 Å². The average Bonchev–Trinajstić information content (AvgIpc) is 3.17. The van der Waals surface area contributed by atoms with Gasteiger partial charge in [0.2, 0.25) is 5.91 Å². The lowest BCUT2D eigenvalue weighted by Gasteiger charge is -2.31. The lowest BCUT2D eigenvalue weighted by molar-refractivity contribution is -0.183. The third-order valence-corrected chi connectivity index (χ3v) is 6.09. The third kappa shape index (κ3) is 5.27. The Balaban J connectivity index is 1.81. The van der Waals surface area contributed by atoms with Crippen molar-refractivity contribution in [2.24, 2.45) is 4.99 Å². The quantitative estimate of drug-likeness (QED) is 0.549. The van der Waals surface area contributed by atoms with Crippen LogP contribution in [0.4, 0.5) is 13.2 Å². The second-order valence-corrected chi connectivity index (χ2v) is 8.71. The minimum atomic E-state index is -4.53. The molecule has 1 heterocycles. The maximum Gasteiger partial charge on any atom is 0.400 e. The molecule has 0 radical (unpaired) electrons. The number of alkyl halides is 3. The number of rotatable bonds is 7. The van der Waals surface area contributed by atoms with Gasteiger partial charge in [-0.05, 0) is 53.4 Å². The number of nitrogens with one attached hydrogen (secondary N) is 1. The molecule has 3 rings (SSSR count). The van der Waals surface area contributed by atoms with Gasteiger partial charge < -0.3 is 10.1 Å². The van der Waals surface area contributed by atoms with Gasteiger partial charge in [0.1, 0.15) is 5.41 Å². The minimum Gasteiger partial charge on any atom is -0.384 e. The lowest BCUT2D eigenvalue weighted by atomic mass is 9.76. The Morgan fingerprint density at radius 2 is 1.88 bits per heavy atom. The van der Waals surface area contributed by atoms with E-state index in [0.717, 1.165) is 11.1 Å². The van der Waals surface area contributed by atoms with Crippen LogP contribution in [0.5, 0.6) is 0 Å². The largest absolute Gasteiger partial charge is 0.400 e. The van der Waals surface area contributed by atoms with Crippen molar-refractivity contribution in [2.75, 3.05) is 20.3 Å². The van der Waals surface area contributed by atoms with Gasteiger partial charge in [0.25, 0.3) is 0 Å². The standard InChI is InChI=1S/C23H23Cl2F3N2O2/c1-14-7-15(3-4-16(14)12-29-21(31)5-6-32-2)20-11-22(13-30-20,23(26,27)28)17-8-18(24)10-19(25)9-17/h3-4,7-10H,5-6,11-13H2,1-2H3,(H,29,31). The van der Waals surface area contributed by atoms with Crippen molar-refractivity contribution in [1.82, 2.24) is 5.32 Å². The van der Waals surface area contributed by atoms with Gasteiger partial charge in [-0.2, -0.15) is 13.2 Å². The highest BCUT2D eigenvalue weighted by atomic mass is 35.5. The van der Waals surface area contributed by atoms with Gasteiger partial charge in [-0.1, -0.05) is 35.3 Å². The van der Waals surface area contributed by atoms with Gasteiger partial charge in [-0.25, -0.2) is 0 Å². The van der Waals surface area contributed by atoms with E-state index in [-0.39, 0.29) is 34.4 Å².